The van der Waals surface area contributed by atoms with Crippen LogP contribution in [0.25, 0.3) is 0 Å². The number of nitrogens with one attached hydrogen (secondary N) is 1. The third kappa shape index (κ3) is 3.93. The number of aromatic nitrogens is 2. The molecule has 7 nitrogen and oxygen atoms in total. The largest absolute Gasteiger partial charge is 0.373 e. The summed E-state index contributed by atoms with van der Waals surface area (Å²) < 4.78 is 41.4. The van der Waals surface area contributed by atoms with Crippen molar-refractivity contribution in [2.75, 3.05) is 39.0 Å². The molecule has 0 radical (unpaired) electrons. The van der Waals surface area contributed by atoms with E-state index in [4.69, 9.17) is 9.97 Å². The van der Waals surface area contributed by atoms with Gasteiger partial charge >= 0.3 is 0 Å². The number of benzene rings is 1. The van der Waals surface area contributed by atoms with E-state index >= 15 is 0 Å². The van der Waals surface area contributed by atoms with Crippen molar-refractivity contribution in [3.63, 3.8) is 0 Å². The molecular formula is C21H28FN5O2S. The highest BCUT2D eigenvalue weighted by Crippen LogP contribution is 2.32. The number of nitrogens with zero attached hydrogens (tertiary/aromatic N) is 4. The second-order valence-corrected chi connectivity index (χ2v) is 10.1. The lowest BCUT2D eigenvalue weighted by atomic mass is 9.95. The van der Waals surface area contributed by atoms with E-state index in [2.05, 4.69) is 17.3 Å². The maximum Gasteiger partial charge on any atom is 0.243 e. The van der Waals surface area contributed by atoms with Crippen LogP contribution in [0.5, 0.6) is 0 Å². The second-order valence-electron chi connectivity index (χ2n) is 8.18. The quantitative estimate of drug-likeness (QED) is 0.798. The Balaban J connectivity index is 1.65. The monoisotopic (exact) mass is 433 g/mol. The number of fused-ring (bicyclic) bond motifs is 1. The fraction of sp³-hybridized carbons (Fsp3) is 0.524. The number of sulfonamides is 1. The summed E-state index contributed by atoms with van der Waals surface area (Å²) in [5, 5.41) is 3.17. The Bertz CT molecular complexity index is 1050. The molecule has 0 bridgehead atoms. The van der Waals surface area contributed by atoms with Crippen LogP contribution in [0.3, 0.4) is 0 Å². The van der Waals surface area contributed by atoms with Gasteiger partial charge in [-0.15, -0.1) is 0 Å². The van der Waals surface area contributed by atoms with E-state index in [1.165, 1.54) is 22.5 Å². The zero-order valence-electron chi connectivity index (χ0n) is 17.7. The maximum absolute atomic E-state index is 13.6. The first-order valence-electron chi connectivity index (χ1n) is 10.3. The standard InChI is InChI=1S/C21H28FN5O2S/c1-14-12-16(4-5-18(14)22)30(28,29)27-11-8-17-19(13-27)24-20(25-21(17)23-2)15-6-9-26(3)10-7-15/h4-5,12,15H,6-11,13H2,1-3H3,(H,23,24,25). The summed E-state index contributed by atoms with van der Waals surface area (Å²) in [5.41, 5.74) is 2.06. The number of rotatable bonds is 4. The highest BCUT2D eigenvalue weighted by molar-refractivity contribution is 7.89. The first-order valence-corrected chi connectivity index (χ1v) is 11.8. The summed E-state index contributed by atoms with van der Waals surface area (Å²) >= 11 is 0. The Hall–Kier alpha value is -2.10. The summed E-state index contributed by atoms with van der Waals surface area (Å²) in [6, 6.07) is 3.93. The predicted molar refractivity (Wildman–Crippen MR) is 113 cm³/mol. The molecule has 0 atom stereocenters. The summed E-state index contributed by atoms with van der Waals surface area (Å²) in [6.07, 6.45) is 2.53. The Labute approximate surface area is 177 Å². The zero-order valence-corrected chi connectivity index (χ0v) is 18.5. The van der Waals surface area contributed by atoms with Crippen molar-refractivity contribution in [3.8, 4) is 0 Å². The molecule has 162 valence electrons. The molecule has 2 aromatic rings. The lowest BCUT2D eigenvalue weighted by Crippen LogP contribution is -2.37. The van der Waals surface area contributed by atoms with Crippen LogP contribution in [-0.4, -0.2) is 61.3 Å². The summed E-state index contributed by atoms with van der Waals surface area (Å²) in [7, 11) is 0.223. The topological polar surface area (TPSA) is 78.4 Å². The third-order valence-corrected chi connectivity index (χ3v) is 7.98. The molecule has 1 aromatic heterocycles. The van der Waals surface area contributed by atoms with Crippen molar-refractivity contribution in [1.29, 1.82) is 0 Å². The number of aryl methyl sites for hydroxylation is 1. The molecule has 1 fully saturated rings. The zero-order chi connectivity index (χ0) is 21.5. The van der Waals surface area contributed by atoms with Crippen molar-refractivity contribution < 1.29 is 12.8 Å². The lowest BCUT2D eigenvalue weighted by Gasteiger charge is -2.31. The summed E-state index contributed by atoms with van der Waals surface area (Å²) in [5.74, 6) is 1.46. The molecular weight excluding hydrogens is 405 g/mol. The van der Waals surface area contributed by atoms with E-state index in [0.717, 1.165) is 48.8 Å². The van der Waals surface area contributed by atoms with Gasteiger partial charge in [-0.1, -0.05) is 0 Å². The second kappa shape index (κ2) is 8.20. The molecule has 2 aliphatic rings. The van der Waals surface area contributed by atoms with Crippen molar-refractivity contribution >= 4 is 15.8 Å². The minimum absolute atomic E-state index is 0.114. The fourth-order valence-electron chi connectivity index (χ4n) is 4.21. The Kier molecular flexibility index (Phi) is 5.78. The minimum atomic E-state index is -3.73. The van der Waals surface area contributed by atoms with Crippen LogP contribution in [-0.2, 0) is 23.0 Å². The lowest BCUT2D eigenvalue weighted by molar-refractivity contribution is 0.250. The molecule has 1 saturated heterocycles. The van der Waals surface area contributed by atoms with E-state index in [1.54, 1.807) is 6.92 Å². The van der Waals surface area contributed by atoms with Crippen LogP contribution in [0, 0.1) is 12.7 Å². The number of hydrogen-bond acceptors (Lipinski definition) is 6. The van der Waals surface area contributed by atoms with Gasteiger partial charge in [-0.2, -0.15) is 4.31 Å². The van der Waals surface area contributed by atoms with Crippen molar-refractivity contribution in [3.05, 3.63) is 46.7 Å². The molecule has 0 unspecified atom stereocenters. The van der Waals surface area contributed by atoms with Gasteiger partial charge in [-0.05, 0) is 70.1 Å². The normalized spacial score (nSPS) is 18.9. The SMILES string of the molecule is CNc1nc(C2CCN(C)CC2)nc2c1CCN(S(=O)(=O)c1ccc(F)c(C)c1)C2. The number of anilines is 1. The molecule has 30 heavy (non-hydrogen) atoms. The Morgan fingerprint density at radius 2 is 1.90 bits per heavy atom. The van der Waals surface area contributed by atoms with E-state index in [-0.39, 0.29) is 17.4 Å². The first kappa shape index (κ1) is 21.1. The highest BCUT2D eigenvalue weighted by atomic mass is 32.2. The van der Waals surface area contributed by atoms with Gasteiger partial charge in [0.25, 0.3) is 0 Å². The van der Waals surface area contributed by atoms with Gasteiger partial charge in [0, 0.05) is 25.1 Å². The Morgan fingerprint density at radius 1 is 1.17 bits per heavy atom. The van der Waals surface area contributed by atoms with Gasteiger partial charge in [0.1, 0.15) is 17.5 Å². The molecule has 1 N–H and O–H groups in total. The van der Waals surface area contributed by atoms with Gasteiger partial charge in [-0.3, -0.25) is 0 Å². The molecule has 9 heteroatoms. The number of hydrogen-bond donors (Lipinski definition) is 1. The van der Waals surface area contributed by atoms with E-state index in [9.17, 15) is 12.8 Å². The molecule has 3 heterocycles. The minimum Gasteiger partial charge on any atom is -0.373 e. The van der Waals surface area contributed by atoms with Crippen molar-refractivity contribution in [2.24, 2.45) is 0 Å². The molecule has 0 amide bonds. The smallest absolute Gasteiger partial charge is 0.243 e. The highest BCUT2D eigenvalue weighted by Gasteiger charge is 2.32. The summed E-state index contributed by atoms with van der Waals surface area (Å²) in [4.78, 5) is 12.0. The van der Waals surface area contributed by atoms with Crippen LogP contribution in [0.2, 0.25) is 0 Å². The van der Waals surface area contributed by atoms with Gasteiger partial charge < -0.3 is 10.2 Å². The average Bonchev–Trinajstić information content (AvgIpc) is 2.74. The molecule has 4 rings (SSSR count). The van der Waals surface area contributed by atoms with Gasteiger partial charge in [-0.25, -0.2) is 22.8 Å². The van der Waals surface area contributed by atoms with E-state index in [0.29, 0.717) is 18.5 Å². The third-order valence-electron chi connectivity index (χ3n) is 6.14. The molecule has 0 spiro atoms. The van der Waals surface area contributed by atoms with Crippen molar-refractivity contribution in [1.82, 2.24) is 19.2 Å². The van der Waals surface area contributed by atoms with Crippen LogP contribution >= 0.6 is 0 Å². The first-order chi connectivity index (χ1) is 14.3. The average molecular weight is 434 g/mol. The van der Waals surface area contributed by atoms with Gasteiger partial charge in [0.05, 0.1) is 17.1 Å². The number of likely N-dealkylation sites (tertiary alicyclic amines) is 1. The van der Waals surface area contributed by atoms with Crippen molar-refractivity contribution in [2.45, 2.75) is 43.5 Å². The molecule has 0 saturated carbocycles. The van der Waals surface area contributed by atoms with Crippen LogP contribution in [0.15, 0.2) is 23.1 Å². The molecule has 2 aliphatic heterocycles. The fourth-order valence-corrected chi connectivity index (χ4v) is 5.70. The predicted octanol–water partition coefficient (Wildman–Crippen LogP) is 2.52. The molecule has 1 aromatic carbocycles. The van der Waals surface area contributed by atoms with Gasteiger partial charge in [0.15, 0.2) is 0 Å². The van der Waals surface area contributed by atoms with Crippen LogP contribution < -0.4 is 5.32 Å². The Morgan fingerprint density at radius 3 is 2.57 bits per heavy atom. The van der Waals surface area contributed by atoms with Gasteiger partial charge in [0.2, 0.25) is 10.0 Å². The number of piperidine rings is 1. The number of halogens is 1. The van der Waals surface area contributed by atoms with Crippen LogP contribution in [0.1, 0.15) is 41.4 Å². The van der Waals surface area contributed by atoms with E-state index < -0.39 is 15.8 Å². The molecule has 0 aliphatic carbocycles. The van der Waals surface area contributed by atoms with Crippen LogP contribution in [0.4, 0.5) is 10.2 Å². The summed E-state index contributed by atoms with van der Waals surface area (Å²) in [6.45, 7) is 4.12. The van der Waals surface area contributed by atoms with E-state index in [1.807, 2.05) is 7.05 Å². The maximum atomic E-state index is 13.6.